The molecular formula is C21H15ClN4O3. The quantitative estimate of drug-likeness (QED) is 0.387. The number of nitrogens with zero attached hydrogens (tertiary/aromatic N) is 3. The van der Waals surface area contributed by atoms with E-state index in [-0.39, 0.29) is 10.7 Å². The first-order valence-corrected chi connectivity index (χ1v) is 9.15. The first-order valence-electron chi connectivity index (χ1n) is 8.78. The van der Waals surface area contributed by atoms with E-state index in [2.05, 4.69) is 10.4 Å². The molecule has 0 amide bonds. The minimum absolute atomic E-state index is 0.00131. The number of rotatable bonds is 5. The van der Waals surface area contributed by atoms with Crippen LogP contribution in [0.2, 0.25) is 5.02 Å². The summed E-state index contributed by atoms with van der Waals surface area (Å²) in [6.45, 7) is 0.476. The number of nitro groups is 1. The van der Waals surface area contributed by atoms with Gasteiger partial charge in [0.2, 0.25) is 0 Å². The molecule has 0 saturated carbocycles. The topological polar surface area (TPSA) is 90.1 Å². The third kappa shape index (κ3) is 3.68. The second kappa shape index (κ2) is 7.73. The van der Waals surface area contributed by atoms with Crippen molar-refractivity contribution in [1.29, 1.82) is 0 Å². The molecular weight excluding hydrogens is 392 g/mol. The van der Waals surface area contributed by atoms with Crippen LogP contribution in [0, 0.1) is 10.1 Å². The van der Waals surface area contributed by atoms with Gasteiger partial charge in [0, 0.05) is 18.7 Å². The summed E-state index contributed by atoms with van der Waals surface area (Å²) in [7, 11) is 0. The molecule has 8 heteroatoms. The van der Waals surface area contributed by atoms with Crippen LogP contribution in [0.15, 0.2) is 77.7 Å². The maximum atomic E-state index is 12.6. The van der Waals surface area contributed by atoms with Gasteiger partial charge in [0.1, 0.15) is 5.02 Å². The molecule has 1 aromatic heterocycles. The van der Waals surface area contributed by atoms with Gasteiger partial charge in [0.05, 0.1) is 22.5 Å². The van der Waals surface area contributed by atoms with Crippen LogP contribution < -0.4 is 10.9 Å². The first kappa shape index (κ1) is 18.6. The third-order valence-electron chi connectivity index (χ3n) is 4.57. The SMILES string of the molecule is O=c1c(Cl)c(NCc2cccc3ccccc23)cnn1-c1ccc([N+](=O)[O-])cc1. The minimum atomic E-state index is -0.511. The van der Waals surface area contributed by atoms with Gasteiger partial charge in [-0.3, -0.25) is 14.9 Å². The number of nitrogens with one attached hydrogen (secondary N) is 1. The van der Waals surface area contributed by atoms with Crippen molar-refractivity contribution >= 4 is 33.7 Å². The summed E-state index contributed by atoms with van der Waals surface area (Å²) in [6, 6.07) is 19.6. The van der Waals surface area contributed by atoms with Gasteiger partial charge in [0.25, 0.3) is 11.2 Å². The maximum absolute atomic E-state index is 12.6. The fraction of sp³-hybridized carbons (Fsp3) is 0.0476. The maximum Gasteiger partial charge on any atom is 0.292 e. The average molecular weight is 407 g/mol. The van der Waals surface area contributed by atoms with Crippen LogP contribution in [0.4, 0.5) is 11.4 Å². The zero-order valence-corrected chi connectivity index (χ0v) is 15.8. The Morgan fingerprint density at radius 2 is 1.76 bits per heavy atom. The molecule has 0 fully saturated rings. The van der Waals surface area contributed by atoms with Gasteiger partial charge in [-0.15, -0.1) is 0 Å². The fourth-order valence-corrected chi connectivity index (χ4v) is 3.29. The van der Waals surface area contributed by atoms with Crippen LogP contribution >= 0.6 is 11.6 Å². The number of benzene rings is 3. The highest BCUT2D eigenvalue weighted by Gasteiger charge is 2.12. The largest absolute Gasteiger partial charge is 0.378 e. The standard InChI is InChI=1S/C21H15ClN4O3/c22-20-19(23-12-15-6-3-5-14-4-1-2-7-18(14)15)13-24-25(21(20)27)16-8-10-17(11-9-16)26(28)29/h1-11,13,23H,12H2. The van der Waals surface area contributed by atoms with Gasteiger partial charge in [-0.2, -0.15) is 9.78 Å². The van der Waals surface area contributed by atoms with Gasteiger partial charge in [-0.05, 0) is 28.5 Å². The van der Waals surface area contributed by atoms with E-state index in [1.807, 2.05) is 42.5 Å². The molecule has 4 rings (SSSR count). The van der Waals surface area contributed by atoms with E-state index >= 15 is 0 Å². The second-order valence-corrected chi connectivity index (χ2v) is 6.73. The molecule has 0 spiro atoms. The number of nitro benzene ring substituents is 1. The van der Waals surface area contributed by atoms with E-state index in [0.29, 0.717) is 17.9 Å². The molecule has 0 bridgehead atoms. The highest BCUT2D eigenvalue weighted by molar-refractivity contribution is 6.32. The molecule has 1 N–H and O–H groups in total. The van der Waals surface area contributed by atoms with Gasteiger partial charge in [-0.25, -0.2) is 0 Å². The predicted octanol–water partition coefficient (Wildman–Crippen LogP) is 4.56. The lowest BCUT2D eigenvalue weighted by Gasteiger charge is -2.12. The van der Waals surface area contributed by atoms with Crippen LogP contribution in [-0.4, -0.2) is 14.7 Å². The minimum Gasteiger partial charge on any atom is -0.378 e. The molecule has 0 aliphatic rings. The molecule has 144 valence electrons. The van der Waals surface area contributed by atoms with Crippen molar-refractivity contribution in [3.63, 3.8) is 0 Å². The molecule has 1 heterocycles. The Morgan fingerprint density at radius 1 is 1.03 bits per heavy atom. The lowest BCUT2D eigenvalue weighted by Crippen LogP contribution is -2.22. The fourth-order valence-electron chi connectivity index (χ4n) is 3.09. The van der Waals surface area contributed by atoms with Crippen LogP contribution in [0.3, 0.4) is 0 Å². The molecule has 0 aliphatic heterocycles. The monoisotopic (exact) mass is 406 g/mol. The van der Waals surface area contributed by atoms with Crippen molar-refractivity contribution in [1.82, 2.24) is 9.78 Å². The Hall–Kier alpha value is -3.71. The molecule has 0 aliphatic carbocycles. The van der Waals surface area contributed by atoms with E-state index in [4.69, 9.17) is 11.6 Å². The van der Waals surface area contributed by atoms with Crippen molar-refractivity contribution in [3.8, 4) is 5.69 Å². The third-order valence-corrected chi connectivity index (χ3v) is 4.94. The molecule has 0 unspecified atom stereocenters. The molecule has 7 nitrogen and oxygen atoms in total. The zero-order valence-electron chi connectivity index (χ0n) is 15.1. The highest BCUT2D eigenvalue weighted by Crippen LogP contribution is 2.22. The van der Waals surface area contributed by atoms with Gasteiger partial charge >= 0.3 is 0 Å². The number of hydrogen-bond acceptors (Lipinski definition) is 5. The van der Waals surface area contributed by atoms with Crippen LogP contribution in [0.5, 0.6) is 0 Å². The summed E-state index contributed by atoms with van der Waals surface area (Å²) >= 11 is 6.27. The van der Waals surface area contributed by atoms with E-state index in [0.717, 1.165) is 21.0 Å². The summed E-state index contributed by atoms with van der Waals surface area (Å²) < 4.78 is 1.11. The molecule has 0 saturated heterocycles. The van der Waals surface area contributed by atoms with E-state index < -0.39 is 10.5 Å². The summed E-state index contributed by atoms with van der Waals surface area (Å²) in [5, 5.41) is 20.3. The molecule has 3 aromatic carbocycles. The summed E-state index contributed by atoms with van der Waals surface area (Å²) in [6.07, 6.45) is 1.47. The smallest absolute Gasteiger partial charge is 0.292 e. The molecule has 4 aromatic rings. The second-order valence-electron chi connectivity index (χ2n) is 6.35. The normalized spacial score (nSPS) is 10.8. The summed E-state index contributed by atoms with van der Waals surface area (Å²) in [5.74, 6) is 0. The molecule has 0 atom stereocenters. The number of aromatic nitrogens is 2. The summed E-state index contributed by atoms with van der Waals surface area (Å²) in [5.41, 5.74) is 1.30. The predicted molar refractivity (Wildman–Crippen MR) is 113 cm³/mol. The van der Waals surface area contributed by atoms with Crippen molar-refractivity contribution in [2.24, 2.45) is 0 Å². The molecule has 29 heavy (non-hydrogen) atoms. The summed E-state index contributed by atoms with van der Waals surface area (Å²) in [4.78, 5) is 22.9. The van der Waals surface area contributed by atoms with Gasteiger partial charge in [0.15, 0.2) is 0 Å². The van der Waals surface area contributed by atoms with Crippen molar-refractivity contribution in [2.45, 2.75) is 6.54 Å². The van der Waals surface area contributed by atoms with Crippen molar-refractivity contribution in [2.75, 3.05) is 5.32 Å². The van der Waals surface area contributed by atoms with E-state index in [9.17, 15) is 14.9 Å². The van der Waals surface area contributed by atoms with Gasteiger partial charge < -0.3 is 5.32 Å². The highest BCUT2D eigenvalue weighted by atomic mass is 35.5. The number of halogens is 1. The van der Waals surface area contributed by atoms with Crippen molar-refractivity contribution in [3.05, 3.63) is 104 Å². The Balaban J connectivity index is 1.60. The number of anilines is 1. The zero-order chi connectivity index (χ0) is 20.4. The number of hydrogen-bond donors (Lipinski definition) is 1. The molecule has 0 radical (unpaired) electrons. The van der Waals surface area contributed by atoms with Crippen LogP contribution in [-0.2, 0) is 6.54 Å². The Morgan fingerprint density at radius 3 is 2.52 bits per heavy atom. The Labute approximate surface area is 170 Å². The first-order chi connectivity index (χ1) is 14.0. The lowest BCUT2D eigenvalue weighted by atomic mass is 10.0. The van der Waals surface area contributed by atoms with Crippen LogP contribution in [0.1, 0.15) is 5.56 Å². The van der Waals surface area contributed by atoms with E-state index in [1.165, 1.54) is 30.5 Å². The van der Waals surface area contributed by atoms with Gasteiger partial charge in [-0.1, -0.05) is 54.1 Å². The Kier molecular flexibility index (Phi) is 4.97. The number of fused-ring (bicyclic) bond motifs is 1. The van der Waals surface area contributed by atoms with Crippen molar-refractivity contribution < 1.29 is 4.92 Å². The Bertz CT molecular complexity index is 1260. The number of non-ortho nitro benzene ring substituents is 1. The average Bonchev–Trinajstić information content (AvgIpc) is 2.75. The van der Waals surface area contributed by atoms with E-state index in [1.54, 1.807) is 0 Å². The van der Waals surface area contributed by atoms with Crippen LogP contribution in [0.25, 0.3) is 16.5 Å². The lowest BCUT2D eigenvalue weighted by molar-refractivity contribution is -0.384.